The van der Waals surface area contributed by atoms with E-state index in [-0.39, 0.29) is 10.2 Å². The Labute approximate surface area is 232 Å². The van der Waals surface area contributed by atoms with E-state index in [0.29, 0.717) is 17.7 Å². The van der Waals surface area contributed by atoms with Gasteiger partial charge in [-0.1, -0.05) is 92.5 Å². The van der Waals surface area contributed by atoms with E-state index in [4.69, 9.17) is 22.1 Å². The largest absolute Gasteiger partial charge is 0.444 e. The Kier molecular flexibility index (Phi) is 9.09. The summed E-state index contributed by atoms with van der Waals surface area (Å²) in [6, 6.07) is 21.8. The summed E-state index contributed by atoms with van der Waals surface area (Å²) in [7, 11) is -3.11. The fourth-order valence-corrected chi connectivity index (χ4v) is 8.95. The molecule has 2 aromatic carbocycles. The number of hydrogen-bond acceptors (Lipinski definition) is 5. The van der Waals surface area contributed by atoms with Gasteiger partial charge in [-0.2, -0.15) is 0 Å². The van der Waals surface area contributed by atoms with Gasteiger partial charge in [-0.3, -0.25) is 5.32 Å². The topological polar surface area (TPSA) is 97.5 Å². The highest BCUT2D eigenvalue weighted by atomic mass is 35.5. The molecule has 1 atom stereocenters. The second-order valence-corrected chi connectivity index (χ2v) is 16.0. The van der Waals surface area contributed by atoms with Crippen LogP contribution >= 0.6 is 11.6 Å². The summed E-state index contributed by atoms with van der Waals surface area (Å²) in [4.78, 5) is 29.1. The van der Waals surface area contributed by atoms with Crippen molar-refractivity contribution in [2.75, 3.05) is 5.32 Å². The first-order valence-electron chi connectivity index (χ1n) is 12.9. The summed E-state index contributed by atoms with van der Waals surface area (Å²) in [5.74, 6) is 0. The van der Waals surface area contributed by atoms with Crippen molar-refractivity contribution in [3.63, 3.8) is 0 Å². The molecule has 0 radical (unpaired) electrons. The van der Waals surface area contributed by atoms with E-state index in [0.717, 1.165) is 23.2 Å². The fourth-order valence-electron chi connectivity index (χ4n) is 4.96. The van der Waals surface area contributed by atoms with Crippen molar-refractivity contribution in [1.29, 1.82) is 0 Å². The van der Waals surface area contributed by atoms with Crippen molar-refractivity contribution in [3.05, 3.63) is 83.6 Å². The number of aromatic nitrogens is 1. The summed E-state index contributed by atoms with van der Waals surface area (Å²) in [5, 5.41) is 4.48. The number of nitrogens with two attached hydrogens (primary N) is 1. The van der Waals surface area contributed by atoms with E-state index < -0.39 is 25.6 Å². The molecule has 204 valence electrons. The van der Waals surface area contributed by atoms with Gasteiger partial charge in [0.1, 0.15) is 5.60 Å². The van der Waals surface area contributed by atoms with Crippen molar-refractivity contribution in [2.24, 2.45) is 5.73 Å². The smallest absolute Gasteiger partial charge is 0.412 e. The molecule has 1 heterocycles. The van der Waals surface area contributed by atoms with Gasteiger partial charge in [0.15, 0.2) is 5.15 Å². The van der Waals surface area contributed by atoms with Crippen molar-refractivity contribution in [3.8, 4) is 0 Å². The van der Waals surface area contributed by atoms with Crippen LogP contribution in [0.1, 0.15) is 66.4 Å². The van der Waals surface area contributed by atoms with E-state index in [1.54, 1.807) is 33.0 Å². The maximum atomic E-state index is 12.5. The lowest BCUT2D eigenvalue weighted by molar-refractivity contribution is 0.0635. The Morgan fingerprint density at radius 3 is 1.97 bits per heavy atom. The number of rotatable bonds is 9. The second kappa shape index (κ2) is 11.6. The van der Waals surface area contributed by atoms with Gasteiger partial charge in [0.25, 0.3) is 8.32 Å². The van der Waals surface area contributed by atoms with E-state index in [9.17, 15) is 9.59 Å². The van der Waals surface area contributed by atoms with Gasteiger partial charge in [0.05, 0.1) is 5.69 Å². The quantitative estimate of drug-likeness (QED) is 0.224. The number of benzene rings is 2. The summed E-state index contributed by atoms with van der Waals surface area (Å²) < 4.78 is 5.41. The normalized spacial score (nSPS) is 14.0. The number of anilines is 1. The van der Waals surface area contributed by atoms with Crippen molar-refractivity contribution in [1.82, 2.24) is 4.98 Å². The van der Waals surface area contributed by atoms with Gasteiger partial charge in [0.2, 0.25) is 0 Å². The number of carbonyl (C=O) groups excluding carboxylic acids is 1. The lowest BCUT2D eigenvalue weighted by Gasteiger charge is -2.42. The number of nitrogens with zero attached hydrogens (tertiary/aromatic N) is 1. The molecule has 3 rings (SSSR count). The molecule has 0 saturated carbocycles. The summed E-state index contributed by atoms with van der Waals surface area (Å²) >= 11 is 6.39. The molecule has 1 aromatic heterocycles. The number of carbonyl (C=O) groups is 1. The van der Waals surface area contributed by atoms with Crippen LogP contribution in [0, 0.1) is 0 Å². The highest BCUT2D eigenvalue weighted by Crippen LogP contribution is 2.42. The van der Waals surface area contributed by atoms with E-state index in [1.807, 2.05) is 67.6 Å². The SMILES string of the molecule is CC(C)(C)OC(=O)Nc1c([C@@](C)(N)CCCC(C)(C)[Si](O)(c2ccccc2)c2ccccc2)ccnc1Cl. The van der Waals surface area contributed by atoms with Gasteiger partial charge in [-0.05, 0) is 67.6 Å². The lowest BCUT2D eigenvalue weighted by atomic mass is 9.86. The third-order valence-electron chi connectivity index (χ3n) is 7.01. The summed E-state index contributed by atoms with van der Waals surface area (Å²) in [6.07, 6.45) is 3.07. The highest BCUT2D eigenvalue weighted by molar-refractivity contribution is 6.98. The summed E-state index contributed by atoms with van der Waals surface area (Å²) in [5.41, 5.74) is 6.40. The maximum absolute atomic E-state index is 12.5. The summed E-state index contributed by atoms with van der Waals surface area (Å²) in [6.45, 7) is 11.6. The van der Waals surface area contributed by atoms with Crippen LogP contribution in [0.25, 0.3) is 0 Å². The zero-order chi connectivity index (χ0) is 28.2. The Morgan fingerprint density at radius 1 is 0.947 bits per heavy atom. The van der Waals surface area contributed by atoms with Crippen LogP contribution < -0.4 is 21.4 Å². The molecule has 0 aliphatic carbocycles. The Morgan fingerprint density at radius 2 is 1.47 bits per heavy atom. The zero-order valence-corrected chi connectivity index (χ0v) is 25.0. The first-order chi connectivity index (χ1) is 17.7. The molecule has 3 aromatic rings. The first-order valence-corrected chi connectivity index (χ1v) is 15.3. The minimum absolute atomic E-state index is 0.153. The monoisotopic (exact) mass is 553 g/mol. The van der Waals surface area contributed by atoms with Crippen molar-refractivity contribution < 1.29 is 14.3 Å². The van der Waals surface area contributed by atoms with Crippen LogP contribution in [-0.4, -0.2) is 29.8 Å². The number of halogens is 1. The molecule has 0 bridgehead atoms. The van der Waals surface area contributed by atoms with Gasteiger partial charge in [-0.25, -0.2) is 9.78 Å². The molecule has 4 N–H and O–H groups in total. The van der Waals surface area contributed by atoms with Crippen LogP contribution in [-0.2, 0) is 10.3 Å². The standard InChI is InChI=1S/C30H40ClN3O3Si/c1-28(2,3)37-27(35)34-25-24(18-21-33-26(25)31)30(6,32)20-13-19-29(4,5)38(36,22-14-9-7-10-15-22)23-16-11-8-12-17-23/h7-12,14-18,21,36H,13,19-20,32H2,1-6H3,(H,34,35)/t30-/m0/s1. The number of ether oxygens (including phenoxy) is 1. The molecule has 6 nitrogen and oxygen atoms in total. The van der Waals surface area contributed by atoms with Crippen molar-refractivity contribution in [2.45, 2.75) is 77.0 Å². The van der Waals surface area contributed by atoms with E-state index in [2.05, 4.69) is 24.1 Å². The molecular formula is C30H40ClN3O3Si. The fraction of sp³-hybridized carbons (Fsp3) is 0.400. The Bertz CT molecular complexity index is 1190. The van der Waals surface area contributed by atoms with E-state index in [1.165, 1.54) is 0 Å². The number of pyridine rings is 1. The van der Waals surface area contributed by atoms with Gasteiger partial charge >= 0.3 is 6.09 Å². The van der Waals surface area contributed by atoms with Crippen LogP contribution in [0.4, 0.5) is 10.5 Å². The number of amides is 1. The number of hydrogen-bond donors (Lipinski definition) is 3. The molecule has 38 heavy (non-hydrogen) atoms. The molecule has 0 spiro atoms. The molecule has 0 aliphatic rings. The predicted octanol–water partition coefficient (Wildman–Crippen LogP) is 5.96. The minimum Gasteiger partial charge on any atom is -0.444 e. The molecule has 8 heteroatoms. The molecular weight excluding hydrogens is 514 g/mol. The third kappa shape index (κ3) is 6.83. The van der Waals surface area contributed by atoms with Crippen LogP contribution in [0.3, 0.4) is 0 Å². The molecule has 0 unspecified atom stereocenters. The average Bonchev–Trinajstić information content (AvgIpc) is 2.84. The third-order valence-corrected chi connectivity index (χ3v) is 11.8. The van der Waals surface area contributed by atoms with Crippen LogP contribution in [0.5, 0.6) is 0 Å². The van der Waals surface area contributed by atoms with Crippen LogP contribution in [0.15, 0.2) is 72.9 Å². The van der Waals surface area contributed by atoms with Gasteiger partial charge in [0, 0.05) is 11.7 Å². The Balaban J connectivity index is 1.84. The molecule has 0 fully saturated rings. The first kappa shape index (κ1) is 29.8. The minimum atomic E-state index is -3.11. The zero-order valence-electron chi connectivity index (χ0n) is 23.2. The predicted molar refractivity (Wildman–Crippen MR) is 159 cm³/mol. The number of nitrogens with one attached hydrogen (secondary N) is 1. The Hall–Kier alpha value is -2.71. The lowest BCUT2D eigenvalue weighted by Crippen LogP contribution is -2.65. The second-order valence-electron chi connectivity index (χ2n) is 11.7. The highest BCUT2D eigenvalue weighted by Gasteiger charge is 2.49. The van der Waals surface area contributed by atoms with Crippen LogP contribution in [0.2, 0.25) is 10.2 Å². The maximum Gasteiger partial charge on any atom is 0.412 e. The average molecular weight is 554 g/mol. The molecule has 1 amide bonds. The van der Waals surface area contributed by atoms with Crippen molar-refractivity contribution >= 4 is 42.1 Å². The molecule has 0 aliphatic heterocycles. The van der Waals surface area contributed by atoms with Gasteiger partial charge < -0.3 is 15.3 Å². The van der Waals surface area contributed by atoms with Gasteiger partial charge in [-0.15, -0.1) is 0 Å². The molecule has 0 saturated heterocycles. The van der Waals surface area contributed by atoms with E-state index >= 15 is 0 Å².